The van der Waals surface area contributed by atoms with Crippen molar-refractivity contribution in [2.24, 2.45) is 0 Å². The molecule has 158 valence electrons. The zero-order valence-corrected chi connectivity index (χ0v) is 15.7. The molecule has 0 aromatic carbocycles. The van der Waals surface area contributed by atoms with Crippen molar-refractivity contribution in [2.75, 3.05) is 53.4 Å². The molecule has 0 radical (unpaired) electrons. The minimum Gasteiger partial charge on any atom is -0.475 e. The van der Waals surface area contributed by atoms with Crippen LogP contribution in [0.25, 0.3) is 0 Å². The van der Waals surface area contributed by atoms with Crippen LogP contribution in [0.5, 0.6) is 0 Å². The highest BCUT2D eigenvalue weighted by Crippen LogP contribution is 2.24. The first kappa shape index (κ1) is 22.2. The summed E-state index contributed by atoms with van der Waals surface area (Å²) in [5.41, 5.74) is 0.619. The first-order chi connectivity index (χ1) is 13.1. The highest BCUT2D eigenvalue weighted by Gasteiger charge is 2.42. The zero-order valence-electron chi connectivity index (χ0n) is 15.7. The Kier molecular flexibility index (Phi) is 7.44. The monoisotopic (exact) mass is 407 g/mol. The average molecular weight is 407 g/mol. The molecule has 0 bridgehead atoms. The Morgan fingerprint density at radius 3 is 2.54 bits per heavy atom. The summed E-state index contributed by atoms with van der Waals surface area (Å²) in [7, 11) is 4.17. The zero-order chi connectivity index (χ0) is 20.9. The largest absolute Gasteiger partial charge is 0.490 e. The lowest BCUT2D eigenvalue weighted by Gasteiger charge is -2.37. The summed E-state index contributed by atoms with van der Waals surface area (Å²) in [4.78, 5) is 27.8. The van der Waals surface area contributed by atoms with Crippen LogP contribution in [0, 0.1) is 0 Å². The number of likely N-dealkylation sites (N-methyl/N-ethyl adjacent to an activating group) is 1. The van der Waals surface area contributed by atoms with Gasteiger partial charge in [-0.3, -0.25) is 9.69 Å². The Labute approximate surface area is 160 Å². The van der Waals surface area contributed by atoms with Crippen molar-refractivity contribution in [1.82, 2.24) is 14.7 Å². The van der Waals surface area contributed by atoms with Crippen molar-refractivity contribution >= 4 is 11.9 Å². The SMILES string of the molecule is CN(C)CCN1CCO[C@H]2CN(C(=O)c3ccoc3)C[C@H]21.O=C(O)C(F)(F)F. The van der Waals surface area contributed by atoms with Crippen LogP contribution in [0.1, 0.15) is 10.4 Å². The number of morpholine rings is 1. The van der Waals surface area contributed by atoms with Gasteiger partial charge in [-0.2, -0.15) is 13.2 Å². The molecule has 1 aromatic rings. The number of carbonyl (C=O) groups excluding carboxylic acids is 1. The van der Waals surface area contributed by atoms with Crippen molar-refractivity contribution in [1.29, 1.82) is 0 Å². The number of furan rings is 1. The number of hydrogen-bond acceptors (Lipinski definition) is 6. The lowest BCUT2D eigenvalue weighted by molar-refractivity contribution is -0.192. The fourth-order valence-electron chi connectivity index (χ4n) is 3.10. The van der Waals surface area contributed by atoms with Crippen LogP contribution in [-0.2, 0) is 9.53 Å². The second-order valence-corrected chi connectivity index (χ2v) is 6.84. The fourth-order valence-corrected chi connectivity index (χ4v) is 3.10. The minimum absolute atomic E-state index is 0.0364. The van der Waals surface area contributed by atoms with E-state index in [0.29, 0.717) is 18.2 Å². The Morgan fingerprint density at radius 2 is 2.00 bits per heavy atom. The molecule has 28 heavy (non-hydrogen) atoms. The van der Waals surface area contributed by atoms with E-state index in [2.05, 4.69) is 23.9 Å². The van der Waals surface area contributed by atoms with Gasteiger partial charge in [0, 0.05) is 32.7 Å². The summed E-state index contributed by atoms with van der Waals surface area (Å²) in [6.07, 6.45) is -1.90. The van der Waals surface area contributed by atoms with E-state index < -0.39 is 12.1 Å². The van der Waals surface area contributed by atoms with Gasteiger partial charge in [-0.05, 0) is 20.2 Å². The summed E-state index contributed by atoms with van der Waals surface area (Å²) in [6.45, 7) is 5.16. The highest BCUT2D eigenvalue weighted by molar-refractivity contribution is 5.94. The summed E-state index contributed by atoms with van der Waals surface area (Å²) >= 11 is 0. The summed E-state index contributed by atoms with van der Waals surface area (Å²) in [5.74, 6) is -2.72. The molecule has 2 saturated heterocycles. The number of alkyl halides is 3. The van der Waals surface area contributed by atoms with Crippen LogP contribution in [0.2, 0.25) is 0 Å². The van der Waals surface area contributed by atoms with Crippen molar-refractivity contribution in [3.63, 3.8) is 0 Å². The summed E-state index contributed by atoms with van der Waals surface area (Å²) in [5, 5.41) is 7.12. The van der Waals surface area contributed by atoms with Crippen LogP contribution in [0.15, 0.2) is 23.0 Å². The third-order valence-electron chi connectivity index (χ3n) is 4.55. The fraction of sp³-hybridized carbons (Fsp3) is 0.647. The van der Waals surface area contributed by atoms with E-state index in [1.54, 1.807) is 6.07 Å². The molecule has 1 amide bonds. The van der Waals surface area contributed by atoms with Gasteiger partial charge in [0.25, 0.3) is 5.91 Å². The van der Waals surface area contributed by atoms with Gasteiger partial charge in [0.05, 0.1) is 30.6 Å². The molecule has 8 nitrogen and oxygen atoms in total. The van der Waals surface area contributed by atoms with E-state index in [0.717, 1.165) is 32.8 Å². The maximum Gasteiger partial charge on any atom is 0.490 e. The van der Waals surface area contributed by atoms with Crippen LogP contribution < -0.4 is 0 Å². The van der Waals surface area contributed by atoms with Crippen molar-refractivity contribution in [3.8, 4) is 0 Å². The number of carbonyl (C=O) groups is 2. The molecule has 11 heteroatoms. The van der Waals surface area contributed by atoms with Gasteiger partial charge in [0.15, 0.2) is 0 Å². The van der Waals surface area contributed by atoms with E-state index in [1.807, 2.05) is 4.90 Å². The minimum atomic E-state index is -5.08. The van der Waals surface area contributed by atoms with E-state index >= 15 is 0 Å². The Balaban J connectivity index is 0.000000345. The van der Waals surface area contributed by atoms with Gasteiger partial charge in [-0.1, -0.05) is 0 Å². The van der Waals surface area contributed by atoms with Gasteiger partial charge < -0.3 is 24.1 Å². The molecular weight excluding hydrogens is 383 g/mol. The molecule has 2 aliphatic heterocycles. The van der Waals surface area contributed by atoms with Crippen LogP contribution >= 0.6 is 0 Å². The van der Waals surface area contributed by atoms with Crippen molar-refractivity contribution < 1.29 is 37.0 Å². The number of carboxylic acids is 1. The molecule has 1 aromatic heterocycles. The first-order valence-corrected chi connectivity index (χ1v) is 8.71. The molecule has 2 aliphatic rings. The molecule has 0 spiro atoms. The second kappa shape index (κ2) is 9.39. The topological polar surface area (TPSA) is 86.5 Å². The number of halogens is 3. The molecule has 0 aliphatic carbocycles. The average Bonchev–Trinajstić information content (AvgIpc) is 3.28. The van der Waals surface area contributed by atoms with Gasteiger partial charge in [-0.25, -0.2) is 4.79 Å². The standard InChI is InChI=1S/C15H23N3O3.C2HF3O2/c1-16(2)4-5-17-6-8-21-14-10-18(9-13(14)17)15(19)12-3-7-20-11-12;3-2(4,5)1(6)7/h3,7,11,13-14H,4-6,8-10H2,1-2H3;(H,6,7)/t13-,14+;/m1./s1. The first-order valence-electron chi connectivity index (χ1n) is 8.71. The number of hydrogen-bond donors (Lipinski definition) is 1. The molecule has 1 N–H and O–H groups in total. The Bertz CT molecular complexity index is 651. The van der Waals surface area contributed by atoms with E-state index in [4.69, 9.17) is 19.1 Å². The predicted octanol–water partition coefficient (Wildman–Crippen LogP) is 1.000. The number of likely N-dealkylation sites (tertiary alicyclic amines) is 1. The molecular formula is C17H24F3N3O5. The third-order valence-corrected chi connectivity index (χ3v) is 4.55. The third kappa shape index (κ3) is 5.94. The van der Waals surface area contributed by atoms with Crippen LogP contribution in [-0.4, -0.2) is 103 Å². The van der Waals surface area contributed by atoms with Crippen LogP contribution in [0.4, 0.5) is 13.2 Å². The number of rotatable bonds is 4. The van der Waals surface area contributed by atoms with E-state index in [-0.39, 0.29) is 12.0 Å². The van der Waals surface area contributed by atoms with Gasteiger partial charge in [-0.15, -0.1) is 0 Å². The number of amides is 1. The molecule has 3 rings (SSSR count). The maximum atomic E-state index is 12.4. The van der Waals surface area contributed by atoms with Gasteiger partial charge in [0.1, 0.15) is 6.26 Å². The number of ether oxygens (including phenoxy) is 1. The Hall–Kier alpha value is -2.11. The molecule has 2 atom stereocenters. The Morgan fingerprint density at radius 1 is 1.32 bits per heavy atom. The van der Waals surface area contributed by atoms with Crippen molar-refractivity contribution in [3.05, 3.63) is 24.2 Å². The van der Waals surface area contributed by atoms with E-state index in [9.17, 15) is 18.0 Å². The van der Waals surface area contributed by atoms with Crippen molar-refractivity contribution in [2.45, 2.75) is 18.3 Å². The maximum absolute atomic E-state index is 12.4. The second-order valence-electron chi connectivity index (χ2n) is 6.84. The lowest BCUT2D eigenvalue weighted by Crippen LogP contribution is -2.52. The lowest BCUT2D eigenvalue weighted by atomic mass is 10.1. The summed E-state index contributed by atoms with van der Waals surface area (Å²) in [6, 6.07) is 2.03. The highest BCUT2D eigenvalue weighted by atomic mass is 19.4. The number of fused-ring (bicyclic) bond motifs is 1. The number of aliphatic carboxylic acids is 1. The smallest absolute Gasteiger partial charge is 0.475 e. The number of carboxylic acid groups (broad SMARTS) is 1. The van der Waals surface area contributed by atoms with Gasteiger partial charge >= 0.3 is 12.1 Å². The number of nitrogens with zero attached hydrogens (tertiary/aromatic N) is 3. The summed E-state index contributed by atoms with van der Waals surface area (Å²) < 4.78 is 42.6. The van der Waals surface area contributed by atoms with Gasteiger partial charge in [0.2, 0.25) is 0 Å². The molecule has 0 unspecified atom stereocenters. The molecule has 2 fully saturated rings. The van der Waals surface area contributed by atoms with E-state index in [1.165, 1.54) is 12.5 Å². The molecule has 3 heterocycles. The normalized spacial score (nSPS) is 22.6. The molecule has 0 saturated carbocycles. The van der Waals surface area contributed by atoms with Crippen LogP contribution in [0.3, 0.4) is 0 Å². The predicted molar refractivity (Wildman–Crippen MR) is 92.0 cm³/mol. The quantitative estimate of drug-likeness (QED) is 0.797.